The molecule has 2 heterocycles. The first kappa shape index (κ1) is 34.8. The summed E-state index contributed by atoms with van der Waals surface area (Å²) >= 11 is 5.86. The standard InChI is InChI=1S/C31H31ClF5N3O6S/c1-17(2)45-25-11-3-19-14-26(12-4-18(19)13-25)47(43,44)40(46-29(42)31(35,36)37)27(30(33,34)20-5-7-21(32)8-6-20)28(41)39-23-9-10-24(39)16-22(38)15-23/h3-8,11-14,17,22-24,27H,9-10,15-16,38H2,1-2H3/t22?,23?,24?,27-/m1/s1. The van der Waals surface area contributed by atoms with E-state index in [1.54, 1.807) is 19.9 Å². The van der Waals surface area contributed by atoms with Crippen LogP contribution < -0.4 is 10.5 Å². The van der Waals surface area contributed by atoms with E-state index in [1.165, 1.54) is 18.2 Å². The van der Waals surface area contributed by atoms with Crippen LogP contribution in [0.4, 0.5) is 22.0 Å². The minimum absolute atomic E-state index is 0.0154. The van der Waals surface area contributed by atoms with Crippen molar-refractivity contribution in [3.05, 3.63) is 71.2 Å². The van der Waals surface area contributed by atoms with Crippen LogP contribution in [0.15, 0.2) is 65.6 Å². The first-order chi connectivity index (χ1) is 21.9. The summed E-state index contributed by atoms with van der Waals surface area (Å²) in [4.78, 5) is 31.0. The third-order valence-corrected chi connectivity index (χ3v) is 10.00. The van der Waals surface area contributed by atoms with Crippen LogP contribution in [0.5, 0.6) is 5.75 Å². The van der Waals surface area contributed by atoms with Crippen molar-refractivity contribution in [2.45, 2.75) is 86.8 Å². The topological polar surface area (TPSA) is 119 Å². The molecule has 3 atom stereocenters. The Labute approximate surface area is 272 Å². The van der Waals surface area contributed by atoms with Crippen LogP contribution >= 0.6 is 11.6 Å². The van der Waals surface area contributed by atoms with Gasteiger partial charge >= 0.3 is 18.1 Å². The van der Waals surface area contributed by atoms with Crippen LogP contribution in [0.25, 0.3) is 10.8 Å². The highest BCUT2D eigenvalue weighted by atomic mass is 35.5. The van der Waals surface area contributed by atoms with Crippen molar-refractivity contribution >= 4 is 44.3 Å². The fourth-order valence-electron chi connectivity index (χ4n) is 6.11. The summed E-state index contributed by atoms with van der Waals surface area (Å²) in [5, 5.41) is 0.697. The molecule has 1 amide bonds. The predicted molar refractivity (Wildman–Crippen MR) is 161 cm³/mol. The highest BCUT2D eigenvalue weighted by Crippen LogP contribution is 2.43. The summed E-state index contributed by atoms with van der Waals surface area (Å²) in [5.74, 6) is -8.77. The predicted octanol–water partition coefficient (Wildman–Crippen LogP) is 5.93. The molecule has 2 bridgehead atoms. The smallest absolute Gasteiger partial charge is 0.491 e. The maximum atomic E-state index is 16.6. The fourth-order valence-corrected chi connectivity index (χ4v) is 7.63. The van der Waals surface area contributed by atoms with Crippen LogP contribution in [-0.2, 0) is 30.4 Å². The number of nitrogens with zero attached hydrogens (tertiary/aromatic N) is 2. The van der Waals surface area contributed by atoms with Crippen LogP contribution in [0.2, 0.25) is 5.02 Å². The number of nitrogens with two attached hydrogens (primary N) is 1. The monoisotopic (exact) mass is 703 g/mol. The minimum Gasteiger partial charge on any atom is -0.491 e. The number of ether oxygens (including phenoxy) is 1. The summed E-state index contributed by atoms with van der Waals surface area (Å²) < 4.78 is 107. The summed E-state index contributed by atoms with van der Waals surface area (Å²) in [6, 6.07) is 6.40. The number of halogens is 6. The zero-order chi connectivity index (χ0) is 34.5. The zero-order valence-corrected chi connectivity index (χ0v) is 26.7. The van der Waals surface area contributed by atoms with E-state index in [9.17, 15) is 31.2 Å². The molecule has 0 aliphatic carbocycles. The van der Waals surface area contributed by atoms with E-state index in [-0.39, 0.29) is 35.4 Å². The number of hydrogen-bond acceptors (Lipinski definition) is 7. The normalized spacial score (nSPS) is 20.9. The van der Waals surface area contributed by atoms with Gasteiger partial charge in [0, 0.05) is 28.7 Å². The average molecular weight is 704 g/mol. The second-order valence-electron chi connectivity index (χ2n) is 11.9. The minimum atomic E-state index is -5.82. The molecule has 0 saturated carbocycles. The van der Waals surface area contributed by atoms with Gasteiger partial charge in [0.1, 0.15) is 5.75 Å². The molecule has 3 aromatic rings. The first-order valence-corrected chi connectivity index (χ1v) is 16.5. The Morgan fingerprint density at radius 2 is 1.51 bits per heavy atom. The number of sulfonamides is 1. The van der Waals surface area contributed by atoms with Gasteiger partial charge < -0.3 is 20.2 Å². The summed E-state index contributed by atoms with van der Waals surface area (Å²) in [6.07, 6.45) is -4.90. The number of rotatable bonds is 9. The Kier molecular flexibility index (Phi) is 9.49. The third kappa shape index (κ3) is 7.03. The van der Waals surface area contributed by atoms with E-state index in [2.05, 4.69) is 4.84 Å². The highest BCUT2D eigenvalue weighted by molar-refractivity contribution is 7.89. The molecule has 0 spiro atoms. The van der Waals surface area contributed by atoms with Crippen LogP contribution in [0.1, 0.15) is 45.1 Å². The maximum absolute atomic E-state index is 16.6. The first-order valence-electron chi connectivity index (χ1n) is 14.6. The molecule has 0 aromatic heterocycles. The molecule has 2 saturated heterocycles. The quantitative estimate of drug-likeness (QED) is 0.217. The number of hydroxylamine groups is 1. The molecular formula is C31H31ClF5N3O6S. The highest BCUT2D eigenvalue weighted by Gasteiger charge is 2.60. The van der Waals surface area contributed by atoms with Crippen molar-refractivity contribution in [2.75, 3.05) is 0 Å². The molecule has 0 radical (unpaired) electrons. The number of fused-ring (bicyclic) bond motifs is 3. The Morgan fingerprint density at radius 1 is 0.936 bits per heavy atom. The lowest BCUT2D eigenvalue weighted by Crippen LogP contribution is -2.62. The average Bonchev–Trinajstić information content (AvgIpc) is 3.26. The van der Waals surface area contributed by atoms with Gasteiger partial charge in [0.2, 0.25) is 6.04 Å². The number of amides is 1. The number of hydrogen-bond donors (Lipinski definition) is 1. The number of alkyl halides is 5. The molecule has 16 heteroatoms. The van der Waals surface area contributed by atoms with E-state index in [4.69, 9.17) is 22.1 Å². The van der Waals surface area contributed by atoms with Crippen molar-refractivity contribution in [2.24, 2.45) is 5.73 Å². The number of carbonyl (C=O) groups excluding carboxylic acids is 2. The molecule has 2 aliphatic rings. The molecule has 2 unspecified atom stereocenters. The van der Waals surface area contributed by atoms with Gasteiger partial charge in [0.05, 0.1) is 11.0 Å². The van der Waals surface area contributed by atoms with E-state index in [1.807, 2.05) is 0 Å². The van der Waals surface area contributed by atoms with E-state index >= 15 is 8.78 Å². The van der Waals surface area contributed by atoms with Gasteiger partial charge in [-0.15, -0.1) is 0 Å². The van der Waals surface area contributed by atoms with Gasteiger partial charge in [-0.1, -0.05) is 35.9 Å². The van der Waals surface area contributed by atoms with Gasteiger partial charge in [0.25, 0.3) is 15.9 Å². The molecule has 254 valence electrons. The van der Waals surface area contributed by atoms with Crippen LogP contribution in [0, 0.1) is 0 Å². The molecular weight excluding hydrogens is 673 g/mol. The number of piperidine rings is 1. The lowest BCUT2D eigenvalue weighted by atomic mass is 9.94. The van der Waals surface area contributed by atoms with Gasteiger partial charge in [0.15, 0.2) is 0 Å². The number of benzene rings is 3. The molecule has 2 fully saturated rings. The molecule has 47 heavy (non-hydrogen) atoms. The lowest BCUT2D eigenvalue weighted by molar-refractivity contribution is -0.240. The Bertz CT molecular complexity index is 1760. The summed E-state index contributed by atoms with van der Waals surface area (Å²) in [6.45, 7) is 3.58. The summed E-state index contributed by atoms with van der Waals surface area (Å²) in [5.41, 5.74) is 5.12. The van der Waals surface area contributed by atoms with Crippen molar-refractivity contribution in [3.63, 3.8) is 0 Å². The SMILES string of the molecule is CC(C)Oc1ccc2cc(S(=O)(=O)N(OC(=O)C(F)(F)F)[C@H](C(=O)N3C4CCC3CC(N)C4)C(F)(F)c3ccc(Cl)cc3)ccc2c1. The molecule has 5 rings (SSSR count). The van der Waals surface area contributed by atoms with Gasteiger partial charge in [-0.25, -0.2) is 13.2 Å². The van der Waals surface area contributed by atoms with Gasteiger partial charge in [-0.3, -0.25) is 4.79 Å². The largest absolute Gasteiger partial charge is 0.492 e. The van der Waals surface area contributed by atoms with Crippen molar-refractivity contribution < 1.29 is 49.5 Å². The fraction of sp³-hybridized carbons (Fsp3) is 0.419. The van der Waals surface area contributed by atoms with Crippen LogP contribution in [-0.4, -0.2) is 66.1 Å². The molecule has 2 N–H and O–H groups in total. The van der Waals surface area contributed by atoms with E-state index < -0.39 is 67.1 Å². The van der Waals surface area contributed by atoms with Crippen molar-refractivity contribution in [1.29, 1.82) is 0 Å². The van der Waals surface area contributed by atoms with Gasteiger partial charge in [-0.2, -0.15) is 22.0 Å². The van der Waals surface area contributed by atoms with E-state index in [0.29, 0.717) is 24.0 Å². The maximum Gasteiger partial charge on any atom is 0.492 e. The molecule has 9 nitrogen and oxygen atoms in total. The van der Waals surface area contributed by atoms with Gasteiger partial charge in [-0.05, 0) is 91.2 Å². The summed E-state index contributed by atoms with van der Waals surface area (Å²) in [7, 11) is -5.60. The lowest BCUT2D eigenvalue weighted by Gasteiger charge is -2.42. The Hall–Kier alpha value is -3.53. The van der Waals surface area contributed by atoms with Crippen molar-refractivity contribution in [3.8, 4) is 5.75 Å². The zero-order valence-electron chi connectivity index (χ0n) is 25.1. The Morgan fingerprint density at radius 3 is 2.09 bits per heavy atom. The van der Waals surface area contributed by atoms with Crippen LogP contribution in [0.3, 0.4) is 0 Å². The third-order valence-electron chi connectivity index (χ3n) is 8.14. The second kappa shape index (κ2) is 12.8. The van der Waals surface area contributed by atoms with E-state index in [0.717, 1.165) is 41.3 Å². The van der Waals surface area contributed by atoms with Crippen molar-refractivity contribution in [1.82, 2.24) is 9.37 Å². The molecule has 3 aromatic carbocycles. The Balaban J connectivity index is 1.68. The number of carbonyl (C=O) groups is 2. The second-order valence-corrected chi connectivity index (χ2v) is 14.1. The molecule has 2 aliphatic heterocycles.